The molecule has 0 radical (unpaired) electrons. The number of nitrogens with zero attached hydrogens (tertiary/aromatic N) is 2. The molecule has 178 valence electrons. The fourth-order valence-corrected chi connectivity index (χ4v) is 4.15. The largest absolute Gasteiger partial charge is 0.486 e. The fraction of sp³-hybridized carbons (Fsp3) is 0.174. The normalized spacial score (nSPS) is 12.3. The second kappa shape index (κ2) is 9.43. The van der Waals surface area contributed by atoms with Gasteiger partial charge in [0.15, 0.2) is 18.1 Å². The summed E-state index contributed by atoms with van der Waals surface area (Å²) in [6, 6.07) is 9.33. The van der Waals surface area contributed by atoms with Crippen LogP contribution in [0.4, 0.5) is 10.5 Å². The zero-order chi connectivity index (χ0) is 24.4. The van der Waals surface area contributed by atoms with Crippen LogP contribution in [-0.4, -0.2) is 47.9 Å². The second-order valence-electron chi connectivity index (χ2n) is 7.42. The van der Waals surface area contributed by atoms with E-state index in [1.165, 1.54) is 11.3 Å². The molecule has 0 unspecified atom stereocenters. The number of fused-ring (bicyclic) bond motifs is 2. The Morgan fingerprint density at radius 1 is 1.11 bits per heavy atom. The third-order valence-electron chi connectivity index (χ3n) is 5.00. The van der Waals surface area contributed by atoms with Gasteiger partial charge in [0, 0.05) is 11.8 Å². The number of carbonyl (C=O) groups is 3. The zero-order valence-corrected chi connectivity index (χ0v) is 19.1. The molecule has 0 atom stereocenters. The molecule has 3 aromatic heterocycles. The number of carbonyl (C=O) groups excluding carboxylic acids is 3. The SMILES string of the molecule is Cc1noc2nc(-c3cccs3)cc(C(=O)OCC(=O)NC(=O)Nc3ccc4c(c3)OCCO4)c12. The molecule has 1 aromatic carbocycles. The van der Waals surface area contributed by atoms with E-state index >= 15 is 0 Å². The first-order chi connectivity index (χ1) is 17.0. The number of thiophene rings is 1. The molecule has 2 N–H and O–H groups in total. The summed E-state index contributed by atoms with van der Waals surface area (Å²) in [5.41, 5.74) is 1.72. The Hall–Kier alpha value is -4.45. The minimum Gasteiger partial charge on any atom is -0.486 e. The Balaban J connectivity index is 1.23. The van der Waals surface area contributed by atoms with Crippen molar-refractivity contribution in [2.24, 2.45) is 0 Å². The Morgan fingerprint density at radius 2 is 1.94 bits per heavy atom. The maximum Gasteiger partial charge on any atom is 0.339 e. The summed E-state index contributed by atoms with van der Waals surface area (Å²) < 4.78 is 21.3. The van der Waals surface area contributed by atoms with Gasteiger partial charge in [-0.2, -0.15) is 0 Å². The van der Waals surface area contributed by atoms with Gasteiger partial charge in [-0.3, -0.25) is 10.1 Å². The van der Waals surface area contributed by atoms with Gasteiger partial charge in [-0.15, -0.1) is 11.3 Å². The quantitative estimate of drug-likeness (QED) is 0.398. The van der Waals surface area contributed by atoms with Crippen LogP contribution in [0.2, 0.25) is 0 Å². The third-order valence-corrected chi connectivity index (χ3v) is 5.89. The molecule has 4 aromatic rings. The van der Waals surface area contributed by atoms with Crippen LogP contribution in [0.15, 0.2) is 46.3 Å². The number of urea groups is 1. The lowest BCUT2D eigenvalue weighted by molar-refractivity contribution is -0.123. The molecule has 0 saturated carbocycles. The van der Waals surface area contributed by atoms with Crippen LogP contribution >= 0.6 is 11.3 Å². The Labute approximate surface area is 202 Å². The lowest BCUT2D eigenvalue weighted by atomic mass is 10.1. The molecule has 35 heavy (non-hydrogen) atoms. The molecule has 4 heterocycles. The lowest BCUT2D eigenvalue weighted by Crippen LogP contribution is -2.37. The maximum atomic E-state index is 12.8. The van der Waals surface area contributed by atoms with Crippen LogP contribution in [0, 0.1) is 6.92 Å². The zero-order valence-electron chi connectivity index (χ0n) is 18.3. The van der Waals surface area contributed by atoms with Gasteiger partial charge in [0.2, 0.25) is 0 Å². The van der Waals surface area contributed by atoms with Crippen molar-refractivity contribution >= 4 is 46.0 Å². The molecular weight excluding hydrogens is 476 g/mol. The van der Waals surface area contributed by atoms with Crippen molar-refractivity contribution in [2.75, 3.05) is 25.1 Å². The number of pyridine rings is 1. The van der Waals surface area contributed by atoms with E-state index < -0.39 is 24.5 Å². The van der Waals surface area contributed by atoms with E-state index in [1.54, 1.807) is 31.2 Å². The average Bonchev–Trinajstić information content (AvgIpc) is 3.52. The van der Waals surface area contributed by atoms with Crippen LogP contribution in [0.25, 0.3) is 21.7 Å². The highest BCUT2D eigenvalue weighted by atomic mass is 32.1. The van der Waals surface area contributed by atoms with Crippen LogP contribution in [-0.2, 0) is 9.53 Å². The maximum absolute atomic E-state index is 12.8. The summed E-state index contributed by atoms with van der Waals surface area (Å²) in [5.74, 6) is -0.521. The van der Waals surface area contributed by atoms with Gasteiger partial charge in [0.1, 0.15) is 13.2 Å². The van der Waals surface area contributed by atoms with Gasteiger partial charge in [0.05, 0.1) is 27.2 Å². The van der Waals surface area contributed by atoms with E-state index in [0.717, 1.165) is 4.88 Å². The number of anilines is 1. The van der Waals surface area contributed by atoms with E-state index in [-0.39, 0.29) is 11.3 Å². The summed E-state index contributed by atoms with van der Waals surface area (Å²) in [5, 5.41) is 10.8. The minimum atomic E-state index is -0.806. The van der Waals surface area contributed by atoms with Crippen LogP contribution < -0.4 is 20.1 Å². The fourth-order valence-electron chi connectivity index (χ4n) is 3.46. The van der Waals surface area contributed by atoms with E-state index in [9.17, 15) is 14.4 Å². The predicted molar refractivity (Wildman–Crippen MR) is 125 cm³/mol. The molecule has 0 fully saturated rings. The molecule has 12 heteroatoms. The van der Waals surface area contributed by atoms with Crippen molar-refractivity contribution in [1.29, 1.82) is 0 Å². The number of imide groups is 1. The molecule has 0 bridgehead atoms. The lowest BCUT2D eigenvalue weighted by Gasteiger charge is -2.19. The highest BCUT2D eigenvalue weighted by Gasteiger charge is 2.22. The molecule has 3 amide bonds. The van der Waals surface area contributed by atoms with E-state index in [1.807, 2.05) is 17.5 Å². The van der Waals surface area contributed by atoms with Crippen LogP contribution in [0.3, 0.4) is 0 Å². The van der Waals surface area contributed by atoms with Gasteiger partial charge in [0.25, 0.3) is 11.6 Å². The number of nitrogens with one attached hydrogen (secondary N) is 2. The summed E-state index contributed by atoms with van der Waals surface area (Å²) >= 11 is 1.44. The topological polar surface area (TPSA) is 142 Å². The summed E-state index contributed by atoms with van der Waals surface area (Å²) in [7, 11) is 0. The predicted octanol–water partition coefficient (Wildman–Crippen LogP) is 3.54. The smallest absolute Gasteiger partial charge is 0.339 e. The van der Waals surface area contributed by atoms with Gasteiger partial charge in [-0.05, 0) is 36.6 Å². The van der Waals surface area contributed by atoms with Gasteiger partial charge in [-0.1, -0.05) is 11.2 Å². The first-order valence-corrected chi connectivity index (χ1v) is 11.3. The van der Waals surface area contributed by atoms with Crippen molar-refractivity contribution in [3.63, 3.8) is 0 Å². The summed E-state index contributed by atoms with van der Waals surface area (Å²) in [6.07, 6.45) is 0. The number of aromatic nitrogens is 2. The molecule has 1 aliphatic rings. The highest BCUT2D eigenvalue weighted by molar-refractivity contribution is 7.13. The summed E-state index contributed by atoms with van der Waals surface area (Å²) in [4.78, 5) is 42.5. The number of aryl methyl sites for hydroxylation is 1. The van der Waals surface area contributed by atoms with E-state index in [2.05, 4.69) is 20.8 Å². The third kappa shape index (κ3) is 4.77. The number of hydrogen-bond donors (Lipinski definition) is 2. The van der Waals surface area contributed by atoms with Gasteiger partial charge < -0.3 is 24.1 Å². The molecule has 0 aliphatic carbocycles. The highest BCUT2D eigenvalue weighted by Crippen LogP contribution is 2.32. The Morgan fingerprint density at radius 3 is 2.74 bits per heavy atom. The molecule has 11 nitrogen and oxygen atoms in total. The summed E-state index contributed by atoms with van der Waals surface area (Å²) in [6.45, 7) is 1.85. The van der Waals surface area contributed by atoms with Crippen molar-refractivity contribution in [3.05, 3.63) is 53.0 Å². The van der Waals surface area contributed by atoms with Crippen LogP contribution in [0.1, 0.15) is 16.1 Å². The molecule has 1 aliphatic heterocycles. The first-order valence-electron chi connectivity index (χ1n) is 10.5. The van der Waals surface area contributed by atoms with E-state index in [0.29, 0.717) is 47.2 Å². The van der Waals surface area contributed by atoms with Gasteiger partial charge >= 0.3 is 12.0 Å². The van der Waals surface area contributed by atoms with Crippen LogP contribution in [0.5, 0.6) is 11.5 Å². The van der Waals surface area contributed by atoms with Gasteiger partial charge in [-0.25, -0.2) is 14.6 Å². The molecule has 5 rings (SSSR count). The van der Waals surface area contributed by atoms with E-state index in [4.69, 9.17) is 18.7 Å². The number of esters is 1. The number of hydrogen-bond acceptors (Lipinski definition) is 10. The Bertz CT molecular complexity index is 1430. The minimum absolute atomic E-state index is 0.158. The number of ether oxygens (including phenoxy) is 3. The number of rotatable bonds is 5. The number of benzene rings is 1. The van der Waals surface area contributed by atoms with Crippen molar-refractivity contribution in [1.82, 2.24) is 15.5 Å². The van der Waals surface area contributed by atoms with Crippen molar-refractivity contribution in [3.8, 4) is 22.1 Å². The standard InChI is InChI=1S/C23H18N4O7S/c1-12-20-14(10-15(18-3-2-8-35-18)25-21(20)34-27-12)22(29)33-11-19(28)26-23(30)24-13-4-5-16-17(9-13)32-7-6-31-16/h2-5,8-10H,6-7,11H2,1H3,(H2,24,26,28,30). The van der Waals surface area contributed by atoms with Crippen molar-refractivity contribution in [2.45, 2.75) is 6.92 Å². The molecule has 0 saturated heterocycles. The molecular formula is C23H18N4O7S. The Kier molecular flexibility index (Phi) is 6.02. The second-order valence-corrected chi connectivity index (χ2v) is 8.37. The monoisotopic (exact) mass is 494 g/mol. The number of amides is 3. The molecule has 0 spiro atoms. The average molecular weight is 494 g/mol. The van der Waals surface area contributed by atoms with Crippen molar-refractivity contribution < 1.29 is 33.1 Å². The first kappa shape index (κ1) is 22.3.